The maximum Gasteiger partial charge on any atom is 0.146 e. The van der Waals surface area contributed by atoms with Gasteiger partial charge in [0.15, 0.2) is 0 Å². The van der Waals surface area contributed by atoms with E-state index in [-0.39, 0.29) is 0 Å². The molecule has 2 heterocycles. The van der Waals surface area contributed by atoms with E-state index in [0.717, 1.165) is 43.6 Å². The molecule has 6 nitrogen and oxygen atoms in total. The zero-order valence-electron chi connectivity index (χ0n) is 16.9. The molecule has 146 valence electrons. The largest absolute Gasteiger partial charge is 0.497 e. The molecule has 0 spiro atoms. The molecule has 1 saturated heterocycles. The van der Waals surface area contributed by atoms with E-state index in [2.05, 4.69) is 70.0 Å². The van der Waals surface area contributed by atoms with Gasteiger partial charge in [0.05, 0.1) is 13.7 Å². The molecule has 3 rings (SSSR count). The lowest BCUT2D eigenvalue weighted by Gasteiger charge is -2.31. The van der Waals surface area contributed by atoms with E-state index in [1.807, 2.05) is 12.1 Å². The lowest BCUT2D eigenvalue weighted by molar-refractivity contribution is 0.222. The summed E-state index contributed by atoms with van der Waals surface area (Å²) < 4.78 is 7.39. The molecule has 27 heavy (non-hydrogen) atoms. The first-order chi connectivity index (χ1) is 13.1. The van der Waals surface area contributed by atoms with Gasteiger partial charge in [-0.15, -0.1) is 10.2 Å². The summed E-state index contributed by atoms with van der Waals surface area (Å²) in [5, 5.41) is 8.90. The van der Waals surface area contributed by atoms with Crippen LogP contribution in [-0.2, 0) is 13.6 Å². The van der Waals surface area contributed by atoms with Gasteiger partial charge in [-0.2, -0.15) is 0 Å². The summed E-state index contributed by atoms with van der Waals surface area (Å²) in [7, 11) is 7.91. The molecule has 2 aromatic rings. The molecule has 1 unspecified atom stereocenters. The molecule has 0 bridgehead atoms. The van der Waals surface area contributed by atoms with Gasteiger partial charge in [-0.3, -0.25) is 4.90 Å². The van der Waals surface area contributed by atoms with Gasteiger partial charge < -0.3 is 14.2 Å². The van der Waals surface area contributed by atoms with E-state index >= 15 is 0 Å². The highest BCUT2D eigenvalue weighted by molar-refractivity contribution is 5.50. The van der Waals surface area contributed by atoms with E-state index in [1.54, 1.807) is 7.11 Å². The number of aromatic nitrogens is 3. The van der Waals surface area contributed by atoms with Gasteiger partial charge in [-0.25, -0.2) is 0 Å². The summed E-state index contributed by atoms with van der Waals surface area (Å²) in [6.45, 7) is 3.97. The van der Waals surface area contributed by atoms with Crippen LogP contribution in [0, 0.1) is 0 Å². The molecule has 1 aliphatic heterocycles. The third-order valence-electron chi connectivity index (χ3n) is 5.12. The molecule has 1 aliphatic rings. The zero-order valence-corrected chi connectivity index (χ0v) is 16.9. The van der Waals surface area contributed by atoms with Gasteiger partial charge >= 0.3 is 0 Å². The maximum atomic E-state index is 5.21. The van der Waals surface area contributed by atoms with Gasteiger partial charge in [0.1, 0.15) is 17.4 Å². The number of benzene rings is 1. The smallest absolute Gasteiger partial charge is 0.146 e. The highest BCUT2D eigenvalue weighted by Crippen LogP contribution is 2.26. The van der Waals surface area contributed by atoms with Crippen molar-refractivity contribution in [2.45, 2.75) is 25.3 Å². The summed E-state index contributed by atoms with van der Waals surface area (Å²) in [6.07, 6.45) is 6.82. The first kappa shape index (κ1) is 19.6. The number of hydrogen-bond acceptors (Lipinski definition) is 5. The van der Waals surface area contributed by atoms with Crippen LogP contribution >= 0.6 is 0 Å². The minimum atomic E-state index is 0.460. The fourth-order valence-electron chi connectivity index (χ4n) is 3.64. The molecule has 1 fully saturated rings. The quantitative estimate of drug-likeness (QED) is 0.751. The zero-order chi connectivity index (χ0) is 19.2. The van der Waals surface area contributed by atoms with Crippen molar-refractivity contribution in [2.75, 3.05) is 40.8 Å². The van der Waals surface area contributed by atoms with Crippen LogP contribution in [-0.4, -0.2) is 65.4 Å². The van der Waals surface area contributed by atoms with Crippen molar-refractivity contribution in [2.24, 2.45) is 7.05 Å². The van der Waals surface area contributed by atoms with Crippen LogP contribution in [0.5, 0.6) is 5.75 Å². The summed E-state index contributed by atoms with van der Waals surface area (Å²) >= 11 is 0. The van der Waals surface area contributed by atoms with Crippen LogP contribution in [0.1, 0.15) is 36.0 Å². The molecule has 0 radical (unpaired) electrons. The van der Waals surface area contributed by atoms with Gasteiger partial charge in [-0.1, -0.05) is 24.3 Å². The molecule has 1 aromatic heterocycles. The number of rotatable bonds is 7. The molecule has 6 heteroatoms. The Morgan fingerprint density at radius 1 is 1.22 bits per heavy atom. The third kappa shape index (κ3) is 5.17. The minimum absolute atomic E-state index is 0.460. The molecule has 0 saturated carbocycles. The standard InChI is InChI=1S/C21H31N5O/c1-24(2)16-20-22-23-21(25(20)3)18-8-6-14-26(15-18)13-5-7-17-9-11-19(27-4)12-10-17/h5,7,9-12,18H,6,8,13-16H2,1-4H3. The first-order valence-electron chi connectivity index (χ1n) is 9.62. The Hall–Kier alpha value is -2.18. The Morgan fingerprint density at radius 3 is 2.70 bits per heavy atom. The van der Waals surface area contributed by atoms with Crippen molar-refractivity contribution in [3.63, 3.8) is 0 Å². The molecule has 0 amide bonds. The van der Waals surface area contributed by atoms with Crippen molar-refractivity contribution in [3.8, 4) is 5.75 Å². The van der Waals surface area contributed by atoms with E-state index in [9.17, 15) is 0 Å². The highest BCUT2D eigenvalue weighted by atomic mass is 16.5. The average Bonchev–Trinajstić information content (AvgIpc) is 3.02. The summed E-state index contributed by atoms with van der Waals surface area (Å²) in [4.78, 5) is 4.64. The average molecular weight is 370 g/mol. The van der Waals surface area contributed by atoms with Crippen LogP contribution in [0.15, 0.2) is 30.3 Å². The van der Waals surface area contributed by atoms with Gasteiger partial charge in [0.2, 0.25) is 0 Å². The van der Waals surface area contributed by atoms with Crippen molar-refractivity contribution in [3.05, 3.63) is 47.6 Å². The molecule has 0 N–H and O–H groups in total. The first-order valence-corrected chi connectivity index (χ1v) is 9.62. The molecule has 0 aliphatic carbocycles. The van der Waals surface area contributed by atoms with Crippen LogP contribution in [0.25, 0.3) is 6.08 Å². The Bertz CT molecular complexity index is 750. The Kier molecular flexibility index (Phi) is 6.63. The fourth-order valence-corrected chi connectivity index (χ4v) is 3.64. The monoisotopic (exact) mass is 369 g/mol. The van der Waals surface area contributed by atoms with E-state index in [4.69, 9.17) is 4.74 Å². The van der Waals surface area contributed by atoms with Crippen molar-refractivity contribution < 1.29 is 4.74 Å². The van der Waals surface area contributed by atoms with Gasteiger partial charge in [0, 0.05) is 26.1 Å². The second-order valence-electron chi connectivity index (χ2n) is 7.55. The number of nitrogens with zero attached hydrogens (tertiary/aromatic N) is 5. The highest BCUT2D eigenvalue weighted by Gasteiger charge is 2.25. The second kappa shape index (κ2) is 9.15. The van der Waals surface area contributed by atoms with Crippen molar-refractivity contribution >= 4 is 6.08 Å². The van der Waals surface area contributed by atoms with Crippen LogP contribution < -0.4 is 4.74 Å². The summed E-state index contributed by atoms with van der Waals surface area (Å²) in [6, 6.07) is 8.16. The van der Waals surface area contributed by atoms with E-state index in [0.29, 0.717) is 5.92 Å². The maximum absolute atomic E-state index is 5.21. The normalized spacial score (nSPS) is 18.5. The summed E-state index contributed by atoms with van der Waals surface area (Å²) in [5.74, 6) is 3.51. The van der Waals surface area contributed by atoms with Crippen LogP contribution in [0.2, 0.25) is 0 Å². The lowest BCUT2D eigenvalue weighted by Crippen LogP contribution is -2.35. The fraction of sp³-hybridized carbons (Fsp3) is 0.524. The predicted octanol–water partition coefficient (Wildman–Crippen LogP) is 2.78. The molecule has 1 atom stereocenters. The minimum Gasteiger partial charge on any atom is -0.497 e. The number of hydrogen-bond donors (Lipinski definition) is 0. The predicted molar refractivity (Wildman–Crippen MR) is 109 cm³/mol. The Balaban J connectivity index is 1.57. The Morgan fingerprint density at radius 2 is 2.00 bits per heavy atom. The molecular weight excluding hydrogens is 338 g/mol. The number of piperidine rings is 1. The Labute approximate surface area is 162 Å². The van der Waals surface area contributed by atoms with Crippen LogP contribution in [0.4, 0.5) is 0 Å². The SMILES string of the molecule is COc1ccc(C=CCN2CCCC(c3nnc(CN(C)C)n3C)C2)cc1. The number of likely N-dealkylation sites (tertiary alicyclic amines) is 1. The lowest BCUT2D eigenvalue weighted by atomic mass is 9.97. The van der Waals surface area contributed by atoms with Crippen molar-refractivity contribution in [1.29, 1.82) is 0 Å². The van der Waals surface area contributed by atoms with Crippen LogP contribution in [0.3, 0.4) is 0 Å². The topological polar surface area (TPSA) is 46.4 Å². The molecular formula is C21H31N5O. The van der Waals surface area contributed by atoms with Gasteiger partial charge in [-0.05, 0) is 51.2 Å². The van der Waals surface area contributed by atoms with E-state index in [1.165, 1.54) is 18.4 Å². The van der Waals surface area contributed by atoms with Crippen molar-refractivity contribution in [1.82, 2.24) is 24.6 Å². The second-order valence-corrected chi connectivity index (χ2v) is 7.55. The van der Waals surface area contributed by atoms with E-state index < -0.39 is 0 Å². The molecule has 1 aromatic carbocycles. The number of ether oxygens (including phenoxy) is 1. The third-order valence-corrected chi connectivity index (χ3v) is 5.12. The number of methoxy groups -OCH3 is 1. The van der Waals surface area contributed by atoms with Gasteiger partial charge in [0.25, 0.3) is 0 Å². The summed E-state index contributed by atoms with van der Waals surface area (Å²) in [5.41, 5.74) is 1.20.